The molecule has 1 fully saturated rings. The highest BCUT2D eigenvalue weighted by molar-refractivity contribution is 5.68. The number of hydrogen-bond donors (Lipinski definition) is 2. The quantitative estimate of drug-likeness (QED) is 0.886. The number of nitrogens with one attached hydrogen (secondary N) is 2. The Morgan fingerprint density at radius 3 is 2.95 bits per heavy atom. The molecule has 6 nitrogen and oxygen atoms in total. The first-order chi connectivity index (χ1) is 9.35. The van der Waals surface area contributed by atoms with E-state index in [-0.39, 0.29) is 6.09 Å². The maximum atomic E-state index is 12.0. The lowest BCUT2D eigenvalue weighted by atomic mass is 10.2. The van der Waals surface area contributed by atoms with Crippen LogP contribution in [0.15, 0.2) is 6.33 Å². The molecular formula is C14H24N4O2. The summed E-state index contributed by atoms with van der Waals surface area (Å²) < 4.78 is 5.38. The molecular weight excluding hydrogens is 256 g/mol. The predicted molar refractivity (Wildman–Crippen MR) is 76.4 cm³/mol. The van der Waals surface area contributed by atoms with Crippen LogP contribution in [-0.2, 0) is 11.3 Å². The van der Waals surface area contributed by atoms with Crippen molar-refractivity contribution in [2.45, 2.75) is 52.3 Å². The summed E-state index contributed by atoms with van der Waals surface area (Å²) in [7, 11) is 0. The number of carbonyl (C=O) groups is 1. The van der Waals surface area contributed by atoms with Crippen LogP contribution in [0.5, 0.6) is 0 Å². The molecule has 2 heterocycles. The van der Waals surface area contributed by atoms with Gasteiger partial charge < -0.3 is 19.9 Å². The Kier molecular flexibility index (Phi) is 4.32. The highest BCUT2D eigenvalue weighted by atomic mass is 16.6. The van der Waals surface area contributed by atoms with Crippen molar-refractivity contribution in [3.63, 3.8) is 0 Å². The minimum absolute atomic E-state index is 0.224. The van der Waals surface area contributed by atoms with Gasteiger partial charge in [0.1, 0.15) is 5.60 Å². The Morgan fingerprint density at radius 1 is 1.60 bits per heavy atom. The third-order valence-corrected chi connectivity index (χ3v) is 3.33. The molecule has 1 aliphatic heterocycles. The Morgan fingerprint density at radius 2 is 2.35 bits per heavy atom. The predicted octanol–water partition coefficient (Wildman–Crippen LogP) is 1.82. The van der Waals surface area contributed by atoms with Crippen LogP contribution in [-0.4, -0.2) is 45.7 Å². The molecule has 112 valence electrons. The largest absolute Gasteiger partial charge is 0.444 e. The lowest BCUT2D eigenvalue weighted by molar-refractivity contribution is 0.0291. The smallest absolute Gasteiger partial charge is 0.410 e. The SMILES string of the molecule is Cc1[nH]cnc1CNC1CCN(C(=O)OC(C)(C)C)C1. The van der Waals surface area contributed by atoms with E-state index in [1.54, 1.807) is 11.2 Å². The summed E-state index contributed by atoms with van der Waals surface area (Å²) in [5, 5.41) is 3.44. The Labute approximate surface area is 119 Å². The van der Waals surface area contributed by atoms with Crippen molar-refractivity contribution in [2.24, 2.45) is 0 Å². The van der Waals surface area contributed by atoms with Crippen LogP contribution in [0, 0.1) is 6.92 Å². The minimum Gasteiger partial charge on any atom is -0.444 e. The van der Waals surface area contributed by atoms with E-state index >= 15 is 0 Å². The molecule has 1 atom stereocenters. The van der Waals surface area contributed by atoms with Gasteiger partial charge in [0.05, 0.1) is 12.0 Å². The summed E-state index contributed by atoms with van der Waals surface area (Å²) in [6, 6.07) is 0.304. The molecule has 1 aromatic rings. The number of aromatic amines is 1. The lowest BCUT2D eigenvalue weighted by Crippen LogP contribution is -2.38. The van der Waals surface area contributed by atoms with Crippen molar-refractivity contribution in [3.8, 4) is 0 Å². The second-order valence-corrected chi connectivity index (χ2v) is 6.27. The number of aromatic nitrogens is 2. The molecule has 1 aliphatic rings. The van der Waals surface area contributed by atoms with Crippen molar-refractivity contribution < 1.29 is 9.53 Å². The van der Waals surface area contributed by atoms with Crippen LogP contribution < -0.4 is 5.32 Å². The van der Waals surface area contributed by atoms with E-state index in [2.05, 4.69) is 15.3 Å². The molecule has 2 rings (SSSR count). The van der Waals surface area contributed by atoms with Gasteiger partial charge in [-0.05, 0) is 34.1 Å². The molecule has 0 bridgehead atoms. The molecule has 1 amide bonds. The lowest BCUT2D eigenvalue weighted by Gasteiger charge is -2.24. The van der Waals surface area contributed by atoms with Crippen LogP contribution in [0.4, 0.5) is 4.79 Å². The van der Waals surface area contributed by atoms with Crippen LogP contribution in [0.2, 0.25) is 0 Å². The standard InChI is InChI=1S/C14H24N4O2/c1-10-12(17-9-16-10)7-15-11-5-6-18(8-11)13(19)20-14(2,3)4/h9,11,15H,5-8H2,1-4H3,(H,16,17). The number of aryl methyl sites for hydroxylation is 1. The monoisotopic (exact) mass is 280 g/mol. The second-order valence-electron chi connectivity index (χ2n) is 6.27. The second kappa shape index (κ2) is 5.83. The molecule has 20 heavy (non-hydrogen) atoms. The van der Waals surface area contributed by atoms with E-state index in [4.69, 9.17) is 4.74 Å². The van der Waals surface area contributed by atoms with Crippen LogP contribution in [0.25, 0.3) is 0 Å². The maximum Gasteiger partial charge on any atom is 0.410 e. The number of hydrogen-bond acceptors (Lipinski definition) is 4. The van der Waals surface area contributed by atoms with Crippen LogP contribution in [0.1, 0.15) is 38.6 Å². The first-order valence-corrected chi connectivity index (χ1v) is 7.05. The highest BCUT2D eigenvalue weighted by Crippen LogP contribution is 2.15. The van der Waals surface area contributed by atoms with E-state index in [0.717, 1.165) is 30.9 Å². The number of amides is 1. The van der Waals surface area contributed by atoms with Crippen molar-refractivity contribution in [1.29, 1.82) is 0 Å². The molecule has 0 saturated carbocycles. The van der Waals surface area contributed by atoms with E-state index in [1.807, 2.05) is 27.7 Å². The zero-order valence-electron chi connectivity index (χ0n) is 12.7. The summed E-state index contributed by atoms with van der Waals surface area (Å²) in [5.41, 5.74) is 1.68. The van der Waals surface area contributed by atoms with Crippen LogP contribution >= 0.6 is 0 Å². The topological polar surface area (TPSA) is 70.2 Å². The van der Waals surface area contributed by atoms with Gasteiger partial charge in [-0.15, -0.1) is 0 Å². The molecule has 6 heteroatoms. The van der Waals surface area contributed by atoms with Gasteiger partial charge in [-0.2, -0.15) is 0 Å². The van der Waals surface area contributed by atoms with E-state index in [1.165, 1.54) is 0 Å². The first kappa shape index (κ1) is 14.8. The zero-order valence-corrected chi connectivity index (χ0v) is 12.7. The number of imidazole rings is 1. The molecule has 1 saturated heterocycles. The molecule has 1 aromatic heterocycles. The van der Waals surface area contributed by atoms with Crippen molar-refractivity contribution >= 4 is 6.09 Å². The van der Waals surface area contributed by atoms with Gasteiger partial charge in [0.25, 0.3) is 0 Å². The highest BCUT2D eigenvalue weighted by Gasteiger charge is 2.29. The summed E-state index contributed by atoms with van der Waals surface area (Å²) in [5.74, 6) is 0. The average molecular weight is 280 g/mol. The average Bonchev–Trinajstić information content (AvgIpc) is 2.93. The number of carbonyl (C=O) groups excluding carboxylic acids is 1. The third-order valence-electron chi connectivity index (χ3n) is 3.33. The third kappa shape index (κ3) is 3.96. The molecule has 2 N–H and O–H groups in total. The normalized spacial score (nSPS) is 19.4. The number of likely N-dealkylation sites (tertiary alicyclic amines) is 1. The van der Waals surface area contributed by atoms with E-state index in [0.29, 0.717) is 12.6 Å². The van der Waals surface area contributed by atoms with Gasteiger partial charge in [0.2, 0.25) is 0 Å². The number of ether oxygens (including phenoxy) is 1. The Bertz CT molecular complexity index is 464. The zero-order chi connectivity index (χ0) is 14.8. The molecule has 0 spiro atoms. The number of nitrogens with zero attached hydrogens (tertiary/aromatic N) is 2. The summed E-state index contributed by atoms with van der Waals surface area (Å²) in [6.45, 7) is 9.82. The summed E-state index contributed by atoms with van der Waals surface area (Å²) in [4.78, 5) is 21.0. The maximum absolute atomic E-state index is 12.0. The van der Waals surface area contributed by atoms with E-state index in [9.17, 15) is 4.79 Å². The Hall–Kier alpha value is -1.56. The fraction of sp³-hybridized carbons (Fsp3) is 0.714. The van der Waals surface area contributed by atoms with Crippen molar-refractivity contribution in [1.82, 2.24) is 20.2 Å². The number of rotatable bonds is 3. The Balaban J connectivity index is 1.78. The number of H-pyrrole nitrogens is 1. The molecule has 0 aromatic carbocycles. The molecule has 0 aliphatic carbocycles. The van der Waals surface area contributed by atoms with Gasteiger partial charge in [-0.25, -0.2) is 9.78 Å². The fourth-order valence-electron chi connectivity index (χ4n) is 2.23. The van der Waals surface area contributed by atoms with Gasteiger partial charge >= 0.3 is 6.09 Å². The minimum atomic E-state index is -0.436. The van der Waals surface area contributed by atoms with Gasteiger partial charge in [-0.3, -0.25) is 0 Å². The fourth-order valence-corrected chi connectivity index (χ4v) is 2.23. The van der Waals surface area contributed by atoms with E-state index < -0.39 is 5.60 Å². The first-order valence-electron chi connectivity index (χ1n) is 7.05. The van der Waals surface area contributed by atoms with Gasteiger partial charge in [0.15, 0.2) is 0 Å². The van der Waals surface area contributed by atoms with Gasteiger partial charge in [-0.1, -0.05) is 0 Å². The molecule has 0 radical (unpaired) electrons. The van der Waals surface area contributed by atoms with Crippen molar-refractivity contribution in [3.05, 3.63) is 17.7 Å². The summed E-state index contributed by atoms with van der Waals surface area (Å²) in [6.07, 6.45) is 2.43. The molecule has 1 unspecified atom stereocenters. The van der Waals surface area contributed by atoms with Crippen molar-refractivity contribution in [2.75, 3.05) is 13.1 Å². The van der Waals surface area contributed by atoms with Gasteiger partial charge in [0, 0.05) is 31.4 Å². The summed E-state index contributed by atoms with van der Waals surface area (Å²) >= 11 is 0. The van der Waals surface area contributed by atoms with Crippen LogP contribution in [0.3, 0.4) is 0 Å².